The second kappa shape index (κ2) is 7.02. The maximum atomic E-state index is 13.5. The number of para-hydroxylation sites is 1. The van der Waals surface area contributed by atoms with Gasteiger partial charge in [-0.1, -0.05) is 50.2 Å². The van der Waals surface area contributed by atoms with Crippen molar-refractivity contribution in [2.75, 3.05) is 6.61 Å². The summed E-state index contributed by atoms with van der Waals surface area (Å²) in [5.41, 5.74) is 1.47. The number of carbonyl (C=O) groups is 1. The van der Waals surface area contributed by atoms with Crippen molar-refractivity contribution in [2.24, 2.45) is 0 Å². The second-order valence-corrected chi connectivity index (χ2v) is 5.29. The molecule has 3 heteroatoms. The Hall–Kier alpha value is -2.16. The number of halogens is 1. The molecule has 0 amide bonds. The number of benzene rings is 2. The van der Waals surface area contributed by atoms with Crippen LogP contribution in [0.5, 0.6) is 5.75 Å². The van der Waals surface area contributed by atoms with Crippen molar-refractivity contribution in [2.45, 2.75) is 26.2 Å². The fraction of sp³-hybridized carbons (Fsp3) is 0.278. The lowest BCUT2D eigenvalue weighted by molar-refractivity contribution is -0.120. The predicted molar refractivity (Wildman–Crippen MR) is 81.1 cm³/mol. The largest absolute Gasteiger partial charge is 0.486 e. The minimum Gasteiger partial charge on any atom is -0.486 e. The Morgan fingerprint density at radius 3 is 2.48 bits per heavy atom. The van der Waals surface area contributed by atoms with Gasteiger partial charge >= 0.3 is 0 Å². The zero-order valence-electron chi connectivity index (χ0n) is 12.3. The summed E-state index contributed by atoms with van der Waals surface area (Å²) in [6.07, 6.45) is 0.0521. The summed E-state index contributed by atoms with van der Waals surface area (Å²) >= 11 is 0. The fourth-order valence-corrected chi connectivity index (χ4v) is 2.15. The first-order valence-electron chi connectivity index (χ1n) is 7.04. The second-order valence-electron chi connectivity index (χ2n) is 5.29. The highest BCUT2D eigenvalue weighted by Gasteiger charge is 2.11. The molecule has 0 aliphatic heterocycles. The predicted octanol–water partition coefficient (Wildman–Crippen LogP) is 4.14. The van der Waals surface area contributed by atoms with Gasteiger partial charge in [-0.3, -0.25) is 4.79 Å². The van der Waals surface area contributed by atoms with Crippen LogP contribution < -0.4 is 4.74 Å². The summed E-state index contributed by atoms with van der Waals surface area (Å²) < 4.78 is 19.1. The van der Waals surface area contributed by atoms with Crippen LogP contribution in [-0.4, -0.2) is 12.4 Å². The van der Waals surface area contributed by atoms with Gasteiger partial charge in [0.1, 0.15) is 18.2 Å². The highest BCUT2D eigenvalue weighted by Crippen LogP contribution is 2.25. The van der Waals surface area contributed by atoms with Crippen LogP contribution in [0.2, 0.25) is 0 Å². The first-order valence-corrected chi connectivity index (χ1v) is 7.04. The molecule has 21 heavy (non-hydrogen) atoms. The molecule has 0 aromatic heterocycles. The van der Waals surface area contributed by atoms with E-state index >= 15 is 0 Å². The number of Topliss-reactive ketones (excluding diaryl/α,β-unsaturated/α-hetero) is 1. The molecular formula is C18H19FO2. The molecule has 2 aromatic carbocycles. The van der Waals surface area contributed by atoms with Crippen molar-refractivity contribution >= 4 is 5.78 Å². The summed E-state index contributed by atoms with van der Waals surface area (Å²) in [4.78, 5) is 11.9. The van der Waals surface area contributed by atoms with Gasteiger partial charge in [0.15, 0.2) is 5.78 Å². The Morgan fingerprint density at radius 1 is 1.10 bits per heavy atom. The molecule has 0 heterocycles. The van der Waals surface area contributed by atoms with Gasteiger partial charge in [0.25, 0.3) is 0 Å². The van der Waals surface area contributed by atoms with Crippen LogP contribution in [0.15, 0.2) is 48.5 Å². The topological polar surface area (TPSA) is 26.3 Å². The maximum absolute atomic E-state index is 13.5. The molecule has 0 aliphatic carbocycles. The minimum atomic E-state index is -0.353. The van der Waals surface area contributed by atoms with Gasteiger partial charge in [-0.05, 0) is 29.2 Å². The zero-order chi connectivity index (χ0) is 15.2. The average molecular weight is 286 g/mol. The molecule has 0 N–H and O–H groups in total. The zero-order valence-corrected chi connectivity index (χ0v) is 12.3. The van der Waals surface area contributed by atoms with E-state index in [1.54, 1.807) is 18.2 Å². The van der Waals surface area contributed by atoms with Crippen molar-refractivity contribution in [1.29, 1.82) is 0 Å². The van der Waals surface area contributed by atoms with Crippen molar-refractivity contribution < 1.29 is 13.9 Å². The van der Waals surface area contributed by atoms with Gasteiger partial charge in [0.05, 0.1) is 0 Å². The molecular weight excluding hydrogens is 267 g/mol. The van der Waals surface area contributed by atoms with E-state index in [9.17, 15) is 9.18 Å². The Balaban J connectivity index is 1.97. The number of ketones is 1. The molecule has 0 fully saturated rings. The maximum Gasteiger partial charge on any atom is 0.174 e. The van der Waals surface area contributed by atoms with E-state index in [2.05, 4.69) is 13.8 Å². The van der Waals surface area contributed by atoms with Crippen molar-refractivity contribution in [3.63, 3.8) is 0 Å². The van der Waals surface area contributed by atoms with Crippen molar-refractivity contribution in [3.8, 4) is 5.75 Å². The lowest BCUT2D eigenvalue weighted by Crippen LogP contribution is -2.15. The molecule has 0 radical (unpaired) electrons. The molecule has 0 aliphatic rings. The SMILES string of the molecule is CC(C)c1ccccc1OCC(=O)Cc1ccccc1F. The molecule has 0 saturated heterocycles. The quantitative estimate of drug-likeness (QED) is 0.797. The summed E-state index contributed by atoms with van der Waals surface area (Å²) in [5.74, 6) is 0.546. The normalized spacial score (nSPS) is 10.7. The van der Waals surface area contributed by atoms with Gasteiger partial charge in [-0.2, -0.15) is 0 Å². The van der Waals surface area contributed by atoms with E-state index in [4.69, 9.17) is 4.74 Å². The van der Waals surface area contributed by atoms with Gasteiger partial charge in [-0.25, -0.2) is 4.39 Å². The number of hydrogen-bond acceptors (Lipinski definition) is 2. The van der Waals surface area contributed by atoms with E-state index in [-0.39, 0.29) is 24.6 Å². The third-order valence-electron chi connectivity index (χ3n) is 3.28. The van der Waals surface area contributed by atoms with E-state index in [1.165, 1.54) is 6.07 Å². The molecule has 0 atom stereocenters. The van der Waals surface area contributed by atoms with E-state index < -0.39 is 0 Å². The highest BCUT2D eigenvalue weighted by atomic mass is 19.1. The number of hydrogen-bond donors (Lipinski definition) is 0. The number of ether oxygens (including phenoxy) is 1. The third kappa shape index (κ3) is 4.15. The van der Waals surface area contributed by atoms with Crippen molar-refractivity contribution in [3.05, 3.63) is 65.5 Å². The van der Waals surface area contributed by atoms with Crippen LogP contribution in [0.1, 0.15) is 30.9 Å². The fourth-order valence-electron chi connectivity index (χ4n) is 2.15. The molecule has 2 rings (SSSR count). The van der Waals surface area contributed by atoms with Gasteiger partial charge in [0.2, 0.25) is 0 Å². The Kier molecular flexibility index (Phi) is 5.09. The Labute approximate surface area is 124 Å². The lowest BCUT2D eigenvalue weighted by Gasteiger charge is -2.13. The Morgan fingerprint density at radius 2 is 1.76 bits per heavy atom. The molecule has 0 spiro atoms. The van der Waals surface area contributed by atoms with Crippen LogP contribution in [0.25, 0.3) is 0 Å². The average Bonchev–Trinajstić information content (AvgIpc) is 2.48. The van der Waals surface area contributed by atoms with E-state index in [0.29, 0.717) is 11.5 Å². The molecule has 0 bridgehead atoms. The van der Waals surface area contributed by atoms with Gasteiger partial charge in [0, 0.05) is 6.42 Å². The molecule has 0 saturated carbocycles. The molecule has 2 aromatic rings. The third-order valence-corrected chi connectivity index (χ3v) is 3.28. The highest BCUT2D eigenvalue weighted by molar-refractivity contribution is 5.82. The van der Waals surface area contributed by atoms with Crippen LogP contribution in [-0.2, 0) is 11.2 Å². The monoisotopic (exact) mass is 286 g/mol. The Bertz CT molecular complexity index is 620. The van der Waals surface area contributed by atoms with Gasteiger partial charge < -0.3 is 4.74 Å². The van der Waals surface area contributed by atoms with Crippen molar-refractivity contribution in [1.82, 2.24) is 0 Å². The smallest absolute Gasteiger partial charge is 0.174 e. The first kappa shape index (κ1) is 15.2. The van der Waals surface area contributed by atoms with Crippen LogP contribution >= 0.6 is 0 Å². The van der Waals surface area contributed by atoms with Crippen LogP contribution in [0.4, 0.5) is 4.39 Å². The molecule has 110 valence electrons. The molecule has 0 unspecified atom stereocenters. The van der Waals surface area contributed by atoms with Crippen LogP contribution in [0.3, 0.4) is 0 Å². The summed E-state index contributed by atoms with van der Waals surface area (Å²) in [6.45, 7) is 4.10. The number of carbonyl (C=O) groups excluding carboxylic acids is 1. The molecule has 2 nitrogen and oxygen atoms in total. The lowest BCUT2D eigenvalue weighted by atomic mass is 10.0. The summed E-state index contributed by atoms with van der Waals surface area (Å²) in [7, 11) is 0. The summed E-state index contributed by atoms with van der Waals surface area (Å²) in [6, 6.07) is 14.0. The summed E-state index contributed by atoms with van der Waals surface area (Å²) in [5, 5.41) is 0. The minimum absolute atomic E-state index is 0.0436. The van der Waals surface area contributed by atoms with E-state index in [0.717, 1.165) is 11.3 Å². The number of rotatable bonds is 6. The van der Waals surface area contributed by atoms with Crippen LogP contribution in [0, 0.1) is 5.82 Å². The standard InChI is InChI=1S/C18H19FO2/c1-13(2)16-8-4-6-10-18(16)21-12-15(20)11-14-7-3-5-9-17(14)19/h3-10,13H,11-12H2,1-2H3. The van der Waals surface area contributed by atoms with E-state index in [1.807, 2.05) is 24.3 Å². The van der Waals surface area contributed by atoms with Gasteiger partial charge in [-0.15, -0.1) is 0 Å². The first-order chi connectivity index (χ1) is 10.1.